The first-order chi connectivity index (χ1) is 30.8. The minimum absolute atomic E-state index is 1.27. The van der Waals surface area contributed by atoms with Crippen LogP contribution in [0.1, 0.15) is 341 Å². The Hall–Kier alpha value is -0.820. The van der Waals surface area contributed by atoms with E-state index in [1.807, 2.05) is 0 Å². The molecule has 1 nitrogen and oxygen atoms in total. The molecule has 0 atom stereocenters. The van der Waals surface area contributed by atoms with Gasteiger partial charge in [0, 0.05) is 0 Å². The van der Waals surface area contributed by atoms with Crippen LogP contribution < -0.4 is 4.90 Å². The highest BCUT2D eigenvalue weighted by Crippen LogP contribution is 2.18. The van der Waals surface area contributed by atoms with Gasteiger partial charge in [0.2, 0.25) is 0 Å². The molecule has 0 radical (unpaired) electrons. The molecular formula is C61H118N+. The van der Waals surface area contributed by atoms with Crippen LogP contribution in [0.25, 0.3) is 0 Å². The van der Waals surface area contributed by atoms with Gasteiger partial charge in [0.05, 0.1) is 13.1 Å². The lowest BCUT2D eigenvalue weighted by Crippen LogP contribution is -3.07. The average molecular weight is 866 g/mol. The summed E-state index contributed by atoms with van der Waals surface area (Å²) in [6.07, 6.45) is 72.5. The Morgan fingerprint density at radius 2 is 0.419 bits per heavy atom. The summed E-state index contributed by atoms with van der Waals surface area (Å²) in [5.41, 5.74) is 3.14. The Labute approximate surface area is 393 Å². The number of rotatable bonds is 53. The van der Waals surface area contributed by atoms with E-state index in [1.54, 1.807) is 16.2 Å². The second-order valence-corrected chi connectivity index (χ2v) is 20.8. The van der Waals surface area contributed by atoms with Gasteiger partial charge in [0.1, 0.15) is 5.69 Å². The molecule has 0 amide bonds. The Balaban J connectivity index is 2.24. The van der Waals surface area contributed by atoms with Crippen molar-refractivity contribution in [1.29, 1.82) is 0 Å². The van der Waals surface area contributed by atoms with E-state index in [2.05, 4.69) is 45.0 Å². The molecule has 0 aliphatic carbocycles. The number of unbranched alkanes of at least 4 members (excludes halogenated alkanes) is 46. The summed E-state index contributed by atoms with van der Waals surface area (Å²) in [4.78, 5) is 1.77. The van der Waals surface area contributed by atoms with Crippen LogP contribution in [0.4, 0.5) is 5.69 Å². The fourth-order valence-corrected chi connectivity index (χ4v) is 10.1. The minimum atomic E-state index is 1.27. The first kappa shape index (κ1) is 59.2. The van der Waals surface area contributed by atoms with Crippen molar-refractivity contribution in [3.8, 4) is 0 Å². The average Bonchev–Trinajstić information content (AvgIpc) is 3.29. The quantitative estimate of drug-likeness (QED) is 0.0622. The van der Waals surface area contributed by atoms with Gasteiger partial charge in [0.25, 0.3) is 0 Å². The van der Waals surface area contributed by atoms with Crippen molar-refractivity contribution in [2.45, 2.75) is 342 Å². The molecule has 0 saturated carbocycles. The number of quaternary nitrogens is 1. The number of hydrogen-bond acceptors (Lipinski definition) is 0. The topological polar surface area (TPSA) is 4.44 Å². The van der Waals surface area contributed by atoms with E-state index in [9.17, 15) is 0 Å². The lowest BCUT2D eigenvalue weighted by molar-refractivity contribution is -0.833. The van der Waals surface area contributed by atoms with Gasteiger partial charge in [-0.2, -0.15) is 0 Å². The van der Waals surface area contributed by atoms with Crippen molar-refractivity contribution >= 4 is 5.69 Å². The standard InChI is InChI=1S/C61H117N/c1-4-7-10-13-16-19-22-25-28-31-32-35-38-41-44-47-50-53-60-54-56-61(57-55-60)62(58-51-48-45-42-39-36-33-29-26-23-20-17-14-11-8-5-2)59-52-49-46-43-40-37-34-30-27-24-21-18-15-12-9-6-3/h54-57H,4-53,58-59H2,1-3H3/p+1. The fourth-order valence-electron chi connectivity index (χ4n) is 10.1. The van der Waals surface area contributed by atoms with Crippen LogP contribution in [0.3, 0.4) is 0 Å². The minimum Gasteiger partial charge on any atom is -0.302 e. The predicted octanol–water partition coefficient (Wildman–Crippen LogP) is 20.9. The van der Waals surface area contributed by atoms with Crippen LogP contribution in [0, 0.1) is 0 Å². The number of benzene rings is 1. The van der Waals surface area contributed by atoms with Gasteiger partial charge >= 0.3 is 0 Å². The summed E-state index contributed by atoms with van der Waals surface area (Å²) in [7, 11) is 0. The van der Waals surface area contributed by atoms with Crippen LogP contribution in [-0.4, -0.2) is 13.1 Å². The maximum atomic E-state index is 2.51. The van der Waals surface area contributed by atoms with E-state index in [-0.39, 0.29) is 0 Å². The van der Waals surface area contributed by atoms with Crippen LogP contribution in [0.15, 0.2) is 24.3 Å². The molecule has 0 aromatic heterocycles. The number of hydrogen-bond donors (Lipinski definition) is 1. The third-order valence-electron chi connectivity index (χ3n) is 14.6. The lowest BCUT2D eigenvalue weighted by atomic mass is 10.0. The molecule has 0 bridgehead atoms. The number of nitrogens with one attached hydrogen (secondary N) is 1. The Bertz CT molecular complexity index is 899. The monoisotopic (exact) mass is 865 g/mol. The fraction of sp³-hybridized carbons (Fsp3) is 0.902. The van der Waals surface area contributed by atoms with Gasteiger partial charge in [-0.15, -0.1) is 0 Å². The maximum Gasteiger partial charge on any atom is 0.131 e. The summed E-state index contributed by atoms with van der Waals surface area (Å²) in [6.45, 7) is 9.61. The molecule has 366 valence electrons. The molecule has 0 spiro atoms. The largest absolute Gasteiger partial charge is 0.302 e. The van der Waals surface area contributed by atoms with Gasteiger partial charge < -0.3 is 4.90 Å². The molecule has 1 heteroatoms. The molecule has 62 heavy (non-hydrogen) atoms. The number of aryl methyl sites for hydroxylation is 1. The van der Waals surface area contributed by atoms with Gasteiger partial charge in [-0.3, -0.25) is 0 Å². The zero-order valence-electron chi connectivity index (χ0n) is 43.6. The summed E-state index contributed by atoms with van der Waals surface area (Å²) >= 11 is 0. The molecule has 0 aliphatic heterocycles. The second kappa shape index (κ2) is 51.2. The van der Waals surface area contributed by atoms with Crippen LogP contribution >= 0.6 is 0 Å². The van der Waals surface area contributed by atoms with E-state index < -0.39 is 0 Å². The van der Waals surface area contributed by atoms with Crippen molar-refractivity contribution in [1.82, 2.24) is 0 Å². The molecule has 0 unspecified atom stereocenters. The van der Waals surface area contributed by atoms with Crippen molar-refractivity contribution in [2.24, 2.45) is 0 Å². The third kappa shape index (κ3) is 43.1. The summed E-state index contributed by atoms with van der Waals surface area (Å²) < 4.78 is 0. The van der Waals surface area contributed by atoms with E-state index in [0.29, 0.717) is 0 Å². The molecule has 0 fully saturated rings. The SMILES string of the molecule is CCCCCCCCCCCCCCCCCCCc1ccc([NH+](CCCCCCCCCCCCCCCCCC)CCCCCCCCCCCCCCCCCC)cc1. The second-order valence-electron chi connectivity index (χ2n) is 20.8. The Morgan fingerprint density at radius 3 is 0.645 bits per heavy atom. The maximum absolute atomic E-state index is 2.51. The highest BCUT2D eigenvalue weighted by molar-refractivity contribution is 5.32. The van der Waals surface area contributed by atoms with Crippen LogP contribution in [-0.2, 0) is 6.42 Å². The summed E-state index contributed by atoms with van der Waals surface area (Å²) in [6, 6.07) is 10.0. The van der Waals surface area contributed by atoms with E-state index >= 15 is 0 Å². The van der Waals surface area contributed by atoms with E-state index in [4.69, 9.17) is 0 Å². The highest BCUT2D eigenvalue weighted by Gasteiger charge is 2.12. The van der Waals surface area contributed by atoms with E-state index in [1.165, 1.54) is 334 Å². The smallest absolute Gasteiger partial charge is 0.131 e. The molecule has 0 saturated heterocycles. The van der Waals surface area contributed by atoms with Crippen LogP contribution in [0.2, 0.25) is 0 Å². The van der Waals surface area contributed by atoms with Gasteiger partial charge in [0.15, 0.2) is 0 Å². The van der Waals surface area contributed by atoms with Gasteiger partial charge in [-0.25, -0.2) is 0 Å². The molecule has 1 N–H and O–H groups in total. The van der Waals surface area contributed by atoms with Crippen molar-refractivity contribution in [2.75, 3.05) is 13.1 Å². The van der Waals surface area contributed by atoms with Crippen molar-refractivity contribution in [3.63, 3.8) is 0 Å². The normalized spacial score (nSPS) is 11.7. The third-order valence-corrected chi connectivity index (χ3v) is 14.6. The summed E-state index contributed by atoms with van der Waals surface area (Å²) in [5.74, 6) is 0. The van der Waals surface area contributed by atoms with Crippen molar-refractivity contribution in [3.05, 3.63) is 29.8 Å². The Kier molecular flexibility index (Phi) is 48.9. The highest BCUT2D eigenvalue weighted by atomic mass is 15.1. The lowest BCUT2D eigenvalue weighted by Gasteiger charge is -2.20. The zero-order valence-corrected chi connectivity index (χ0v) is 43.6. The van der Waals surface area contributed by atoms with Gasteiger partial charge in [-0.05, 0) is 56.2 Å². The van der Waals surface area contributed by atoms with Gasteiger partial charge in [-0.1, -0.05) is 315 Å². The molecule has 1 aromatic carbocycles. The molecule has 0 aliphatic rings. The molecular weight excluding hydrogens is 747 g/mol. The Morgan fingerprint density at radius 1 is 0.226 bits per heavy atom. The predicted molar refractivity (Wildman–Crippen MR) is 284 cm³/mol. The first-order valence-electron chi connectivity index (χ1n) is 29.8. The first-order valence-corrected chi connectivity index (χ1v) is 29.8. The molecule has 1 aromatic rings. The summed E-state index contributed by atoms with van der Waals surface area (Å²) in [5, 5.41) is 0. The molecule has 1 rings (SSSR count). The zero-order chi connectivity index (χ0) is 44.3. The van der Waals surface area contributed by atoms with E-state index in [0.717, 1.165) is 0 Å². The van der Waals surface area contributed by atoms with Crippen molar-refractivity contribution < 1.29 is 4.90 Å². The molecule has 0 heterocycles. The van der Waals surface area contributed by atoms with Crippen LogP contribution in [0.5, 0.6) is 0 Å².